The minimum absolute atomic E-state index is 0.231. The van der Waals surface area contributed by atoms with E-state index in [1.807, 2.05) is 18.3 Å². The van der Waals surface area contributed by atoms with Gasteiger partial charge in [-0.1, -0.05) is 33.8 Å². The number of anilines is 1. The van der Waals surface area contributed by atoms with E-state index in [1.54, 1.807) is 0 Å². The van der Waals surface area contributed by atoms with Gasteiger partial charge in [0.15, 0.2) is 0 Å². The summed E-state index contributed by atoms with van der Waals surface area (Å²) in [5.41, 5.74) is -0.462. The minimum atomic E-state index is -0.231. The topological polar surface area (TPSA) is 36.4 Å². The van der Waals surface area contributed by atoms with Crippen molar-refractivity contribution < 1.29 is 4.79 Å². The van der Waals surface area contributed by atoms with Crippen molar-refractivity contribution in [2.45, 2.75) is 46.7 Å². The Morgan fingerprint density at radius 1 is 1.14 bits per heavy atom. The number of ketones is 1. The maximum atomic E-state index is 12.4. The van der Waals surface area contributed by atoms with Crippen molar-refractivity contribution in [1.29, 1.82) is 0 Å². The first-order valence-electron chi connectivity index (χ1n) is 8.23. The van der Waals surface area contributed by atoms with Gasteiger partial charge in [0, 0.05) is 48.7 Å². The Morgan fingerprint density at radius 2 is 1.82 bits per heavy atom. The summed E-state index contributed by atoms with van der Waals surface area (Å²) in [5, 5.41) is 0. The molecule has 1 saturated heterocycles. The van der Waals surface area contributed by atoms with Crippen molar-refractivity contribution >= 4 is 11.6 Å². The Bertz CT molecular complexity index is 549. The molecule has 4 heteroatoms. The normalized spacial score (nSPS) is 28.5. The van der Waals surface area contributed by atoms with Gasteiger partial charge in [0.25, 0.3) is 0 Å². The van der Waals surface area contributed by atoms with Crippen molar-refractivity contribution in [2.75, 3.05) is 24.5 Å². The van der Waals surface area contributed by atoms with Crippen LogP contribution in [-0.4, -0.2) is 47.4 Å². The molecule has 1 atom stereocenters. The molecule has 2 aliphatic rings. The van der Waals surface area contributed by atoms with Crippen LogP contribution in [0.2, 0.25) is 0 Å². The van der Waals surface area contributed by atoms with Crippen LogP contribution < -0.4 is 4.90 Å². The second-order valence-corrected chi connectivity index (χ2v) is 7.90. The third-order valence-electron chi connectivity index (χ3n) is 5.52. The molecule has 120 valence electrons. The quantitative estimate of drug-likeness (QED) is 0.841. The number of nitrogens with zero attached hydrogens (tertiary/aromatic N) is 3. The monoisotopic (exact) mass is 301 g/mol. The van der Waals surface area contributed by atoms with Gasteiger partial charge in [-0.05, 0) is 19.1 Å². The number of hydrogen-bond donors (Lipinski definition) is 0. The molecule has 1 saturated carbocycles. The van der Waals surface area contributed by atoms with Crippen LogP contribution in [0.25, 0.3) is 0 Å². The number of carbonyl (C=O) groups excluding carboxylic acids is 1. The average Bonchev–Trinajstić information content (AvgIpc) is 2.49. The highest BCUT2D eigenvalue weighted by atomic mass is 16.1. The zero-order valence-electron chi connectivity index (χ0n) is 14.3. The zero-order valence-corrected chi connectivity index (χ0v) is 14.3. The van der Waals surface area contributed by atoms with E-state index in [4.69, 9.17) is 0 Å². The predicted molar refractivity (Wildman–Crippen MR) is 89.0 cm³/mol. The fourth-order valence-corrected chi connectivity index (χ4v) is 4.84. The largest absolute Gasteiger partial charge is 0.354 e. The van der Waals surface area contributed by atoms with Gasteiger partial charge < -0.3 is 4.90 Å². The highest BCUT2D eigenvalue weighted by Gasteiger charge is 2.64. The maximum Gasteiger partial charge on any atom is 0.147 e. The second-order valence-electron chi connectivity index (χ2n) is 7.90. The first kappa shape index (κ1) is 15.5. The Balaban J connectivity index is 1.75. The summed E-state index contributed by atoms with van der Waals surface area (Å²) in [6.45, 7) is 13.6. The molecule has 1 aromatic rings. The Labute approximate surface area is 133 Å². The van der Waals surface area contributed by atoms with E-state index in [2.05, 4.69) is 55.5 Å². The van der Waals surface area contributed by atoms with Crippen LogP contribution in [-0.2, 0) is 4.79 Å². The van der Waals surface area contributed by atoms with Crippen LogP contribution in [0.5, 0.6) is 0 Å². The lowest BCUT2D eigenvalue weighted by atomic mass is 9.50. The molecule has 3 rings (SSSR count). The fraction of sp³-hybridized carbons (Fsp3) is 0.667. The Hall–Kier alpha value is -1.42. The van der Waals surface area contributed by atoms with E-state index < -0.39 is 0 Å². The highest BCUT2D eigenvalue weighted by molar-refractivity contribution is 5.97. The van der Waals surface area contributed by atoms with Gasteiger partial charge in [-0.3, -0.25) is 9.69 Å². The van der Waals surface area contributed by atoms with Gasteiger partial charge in [0.2, 0.25) is 0 Å². The lowest BCUT2D eigenvalue weighted by molar-refractivity contribution is -0.173. The average molecular weight is 301 g/mol. The van der Waals surface area contributed by atoms with Crippen molar-refractivity contribution in [3.05, 3.63) is 24.4 Å². The summed E-state index contributed by atoms with van der Waals surface area (Å²) < 4.78 is 0. The number of carbonyl (C=O) groups is 1. The number of hydrogen-bond acceptors (Lipinski definition) is 4. The molecule has 0 N–H and O–H groups in total. The van der Waals surface area contributed by atoms with E-state index in [1.165, 1.54) is 0 Å². The molecule has 0 spiro atoms. The van der Waals surface area contributed by atoms with E-state index in [0.717, 1.165) is 25.5 Å². The number of piperazine rings is 1. The Kier molecular flexibility index (Phi) is 3.55. The molecular weight excluding hydrogens is 274 g/mol. The van der Waals surface area contributed by atoms with Gasteiger partial charge in [-0.15, -0.1) is 0 Å². The Morgan fingerprint density at radius 3 is 2.36 bits per heavy atom. The van der Waals surface area contributed by atoms with Crippen LogP contribution in [0.3, 0.4) is 0 Å². The molecule has 1 aliphatic heterocycles. The van der Waals surface area contributed by atoms with Crippen LogP contribution in [0.1, 0.15) is 34.6 Å². The summed E-state index contributed by atoms with van der Waals surface area (Å²) in [7, 11) is 0. The highest BCUT2D eigenvalue weighted by Crippen LogP contribution is 2.53. The first-order chi connectivity index (χ1) is 10.3. The zero-order chi connectivity index (χ0) is 16.1. The van der Waals surface area contributed by atoms with Gasteiger partial charge >= 0.3 is 0 Å². The molecule has 1 unspecified atom stereocenters. The molecule has 1 aliphatic carbocycles. The maximum absolute atomic E-state index is 12.4. The summed E-state index contributed by atoms with van der Waals surface area (Å²) in [6.07, 6.45) is 1.85. The van der Waals surface area contributed by atoms with Crippen LogP contribution >= 0.6 is 0 Å². The number of aromatic nitrogens is 1. The summed E-state index contributed by atoms with van der Waals surface area (Å²) in [6, 6.07) is 6.81. The molecule has 0 radical (unpaired) electrons. The van der Waals surface area contributed by atoms with Gasteiger partial charge in [-0.2, -0.15) is 0 Å². The first-order valence-corrected chi connectivity index (χ1v) is 8.23. The van der Waals surface area contributed by atoms with Crippen molar-refractivity contribution in [2.24, 2.45) is 10.8 Å². The van der Waals surface area contributed by atoms with E-state index in [0.29, 0.717) is 17.9 Å². The molecule has 2 fully saturated rings. The van der Waals surface area contributed by atoms with Gasteiger partial charge in [0.1, 0.15) is 11.6 Å². The molecular formula is C18H27N3O. The van der Waals surface area contributed by atoms with E-state index in [9.17, 15) is 4.79 Å². The molecule has 0 amide bonds. The molecule has 0 bridgehead atoms. The van der Waals surface area contributed by atoms with Crippen LogP contribution in [0.4, 0.5) is 5.82 Å². The minimum Gasteiger partial charge on any atom is -0.354 e. The number of Topliss-reactive ketones (excluding diaryl/α,β-unsaturated/α-hetero) is 1. The summed E-state index contributed by atoms with van der Waals surface area (Å²) in [4.78, 5) is 21.8. The number of pyridine rings is 1. The summed E-state index contributed by atoms with van der Waals surface area (Å²) >= 11 is 0. The molecule has 1 aromatic heterocycles. The van der Waals surface area contributed by atoms with E-state index in [-0.39, 0.29) is 10.8 Å². The van der Waals surface area contributed by atoms with Crippen molar-refractivity contribution in [3.8, 4) is 0 Å². The molecule has 4 nitrogen and oxygen atoms in total. The number of rotatable bonds is 2. The van der Waals surface area contributed by atoms with Gasteiger partial charge in [-0.25, -0.2) is 4.98 Å². The van der Waals surface area contributed by atoms with Gasteiger partial charge in [0.05, 0.1) is 0 Å². The SMILES string of the molecule is CC1CN(c2ccccn2)CCN1C1C(C)(C)C(=O)C1(C)C. The molecule has 2 heterocycles. The molecule has 22 heavy (non-hydrogen) atoms. The fourth-order valence-electron chi connectivity index (χ4n) is 4.84. The second kappa shape index (κ2) is 5.05. The summed E-state index contributed by atoms with van der Waals surface area (Å²) in [5.74, 6) is 1.45. The predicted octanol–water partition coefficient (Wildman–Crippen LogP) is 2.60. The van der Waals surface area contributed by atoms with Crippen LogP contribution in [0.15, 0.2) is 24.4 Å². The molecule has 0 aromatic carbocycles. The smallest absolute Gasteiger partial charge is 0.147 e. The van der Waals surface area contributed by atoms with Crippen molar-refractivity contribution in [3.63, 3.8) is 0 Å². The van der Waals surface area contributed by atoms with E-state index >= 15 is 0 Å². The third kappa shape index (κ3) is 2.16. The lowest BCUT2D eigenvalue weighted by Crippen LogP contribution is -2.74. The standard InChI is InChI=1S/C18H27N3O/c1-13-12-20(14-8-6-7-9-19-14)10-11-21(13)15-17(2,3)16(22)18(15,4)5/h6-9,13,15H,10-12H2,1-5H3. The van der Waals surface area contributed by atoms with Crippen LogP contribution in [0, 0.1) is 10.8 Å². The third-order valence-corrected chi connectivity index (χ3v) is 5.52. The lowest BCUT2D eigenvalue weighted by Gasteiger charge is -2.62. The van der Waals surface area contributed by atoms with Crippen molar-refractivity contribution in [1.82, 2.24) is 9.88 Å².